The summed E-state index contributed by atoms with van der Waals surface area (Å²) >= 11 is 4.54. The topological polar surface area (TPSA) is 63.4 Å². The van der Waals surface area contributed by atoms with Crippen molar-refractivity contribution >= 4 is 37.3 Å². The summed E-state index contributed by atoms with van der Waals surface area (Å²) in [4.78, 5) is 0. The van der Waals surface area contributed by atoms with Crippen LogP contribution < -0.4 is 5.73 Å². The number of sulfonamides is 1. The van der Waals surface area contributed by atoms with E-state index in [-0.39, 0.29) is 6.04 Å². The average molecular weight is 339 g/mol. The number of piperidine rings is 1. The zero-order chi connectivity index (χ0) is 12.5. The van der Waals surface area contributed by atoms with E-state index < -0.39 is 10.0 Å². The van der Waals surface area contributed by atoms with Crippen LogP contribution in [0.4, 0.5) is 0 Å². The van der Waals surface area contributed by atoms with Crippen LogP contribution in [-0.4, -0.2) is 31.9 Å². The van der Waals surface area contributed by atoms with Gasteiger partial charge in [-0.15, -0.1) is 11.3 Å². The van der Waals surface area contributed by atoms with Gasteiger partial charge in [0.2, 0.25) is 0 Å². The van der Waals surface area contributed by atoms with Crippen LogP contribution >= 0.6 is 27.3 Å². The van der Waals surface area contributed by atoms with Gasteiger partial charge in [-0.25, -0.2) is 8.42 Å². The molecular formula is C10H15BrN2O2S2. The number of nitrogens with zero attached hydrogens (tertiary/aromatic N) is 1. The lowest BCUT2D eigenvalue weighted by Gasteiger charge is -2.33. The van der Waals surface area contributed by atoms with E-state index in [2.05, 4.69) is 15.9 Å². The lowest BCUT2D eigenvalue weighted by molar-refractivity contribution is 0.258. The summed E-state index contributed by atoms with van der Waals surface area (Å²) < 4.78 is 27.6. The predicted molar refractivity (Wildman–Crippen MR) is 72.6 cm³/mol. The lowest BCUT2D eigenvalue weighted by atomic mass is 10.1. The molecule has 1 aromatic rings. The molecule has 0 radical (unpaired) electrons. The Morgan fingerprint density at radius 3 is 2.82 bits per heavy atom. The number of nitrogens with two attached hydrogens (primary N) is 1. The minimum absolute atomic E-state index is 0.0466. The average Bonchev–Trinajstić information content (AvgIpc) is 2.76. The van der Waals surface area contributed by atoms with Gasteiger partial charge in [0.25, 0.3) is 10.0 Å². The molecule has 0 saturated carbocycles. The maximum atomic E-state index is 12.4. The first-order valence-electron chi connectivity index (χ1n) is 5.53. The molecule has 1 atom stereocenters. The van der Waals surface area contributed by atoms with Crippen molar-refractivity contribution in [1.82, 2.24) is 4.31 Å². The fourth-order valence-corrected chi connectivity index (χ4v) is 5.92. The normalized spacial score (nSPS) is 22.8. The Labute approximate surface area is 114 Å². The van der Waals surface area contributed by atoms with Crippen LogP contribution in [0.25, 0.3) is 0 Å². The highest BCUT2D eigenvalue weighted by molar-refractivity contribution is 9.11. The predicted octanol–water partition coefficient (Wildman–Crippen LogP) is 2.01. The van der Waals surface area contributed by atoms with Gasteiger partial charge in [0, 0.05) is 19.1 Å². The fraction of sp³-hybridized carbons (Fsp3) is 0.600. The number of thiophene rings is 1. The molecule has 1 fully saturated rings. The Bertz CT molecular complexity index is 486. The summed E-state index contributed by atoms with van der Waals surface area (Å²) in [5.74, 6) is 0. The van der Waals surface area contributed by atoms with E-state index in [9.17, 15) is 8.42 Å². The molecule has 0 aliphatic carbocycles. The second-order valence-corrected chi connectivity index (χ2v) is 8.64. The summed E-state index contributed by atoms with van der Waals surface area (Å²) in [5, 5.41) is 0. The zero-order valence-corrected chi connectivity index (χ0v) is 12.5. The van der Waals surface area contributed by atoms with Gasteiger partial charge in [0.1, 0.15) is 4.21 Å². The molecule has 0 bridgehead atoms. The molecule has 1 saturated heterocycles. The third kappa shape index (κ3) is 2.73. The molecule has 96 valence electrons. The Kier molecular flexibility index (Phi) is 4.25. The van der Waals surface area contributed by atoms with Gasteiger partial charge in [-0.1, -0.05) is 6.42 Å². The van der Waals surface area contributed by atoms with Crippen molar-refractivity contribution in [2.75, 3.05) is 13.1 Å². The standard InChI is InChI=1S/C10H15BrN2O2S2/c11-9-4-5-10(16-9)17(14,15)13-6-2-1-3-8(13)7-12/h4-5,8H,1-3,6-7,12H2/t8-/m0/s1. The summed E-state index contributed by atoms with van der Waals surface area (Å²) in [6, 6.07) is 3.36. The summed E-state index contributed by atoms with van der Waals surface area (Å²) in [6.07, 6.45) is 2.84. The maximum absolute atomic E-state index is 12.4. The van der Waals surface area contributed by atoms with Crippen molar-refractivity contribution < 1.29 is 8.42 Å². The molecule has 2 N–H and O–H groups in total. The maximum Gasteiger partial charge on any atom is 0.252 e. The van der Waals surface area contributed by atoms with Crippen molar-refractivity contribution in [1.29, 1.82) is 0 Å². The quantitative estimate of drug-likeness (QED) is 0.916. The number of rotatable bonds is 3. The molecule has 1 aliphatic heterocycles. The highest BCUT2D eigenvalue weighted by Gasteiger charge is 2.33. The molecule has 1 aromatic heterocycles. The molecule has 0 spiro atoms. The molecule has 2 heterocycles. The largest absolute Gasteiger partial charge is 0.329 e. The van der Waals surface area contributed by atoms with Crippen molar-refractivity contribution in [3.63, 3.8) is 0 Å². The number of hydrogen-bond donors (Lipinski definition) is 1. The SMILES string of the molecule is NC[C@@H]1CCCCN1S(=O)(=O)c1ccc(Br)s1. The van der Waals surface area contributed by atoms with Gasteiger partial charge in [-0.05, 0) is 40.9 Å². The molecule has 0 aromatic carbocycles. The van der Waals surface area contributed by atoms with Crippen LogP contribution in [-0.2, 0) is 10.0 Å². The molecule has 1 aliphatic rings. The Morgan fingerprint density at radius 1 is 1.47 bits per heavy atom. The van der Waals surface area contributed by atoms with Gasteiger partial charge in [0.15, 0.2) is 0 Å². The molecule has 4 nitrogen and oxygen atoms in total. The van der Waals surface area contributed by atoms with Crippen LogP contribution in [0.15, 0.2) is 20.1 Å². The van der Waals surface area contributed by atoms with Crippen LogP contribution in [0.5, 0.6) is 0 Å². The van der Waals surface area contributed by atoms with Crippen LogP contribution in [0, 0.1) is 0 Å². The molecular weight excluding hydrogens is 324 g/mol. The molecule has 17 heavy (non-hydrogen) atoms. The summed E-state index contributed by atoms with van der Waals surface area (Å²) in [7, 11) is -3.36. The van der Waals surface area contributed by atoms with Gasteiger partial charge in [0.05, 0.1) is 3.79 Å². The Hall–Kier alpha value is 0.0500. The van der Waals surface area contributed by atoms with Gasteiger partial charge in [-0.2, -0.15) is 4.31 Å². The first kappa shape index (κ1) is 13.5. The highest BCUT2D eigenvalue weighted by Crippen LogP contribution is 2.31. The third-order valence-electron chi connectivity index (χ3n) is 2.96. The second-order valence-electron chi connectivity index (χ2n) is 4.06. The van der Waals surface area contributed by atoms with Crippen LogP contribution in [0.1, 0.15) is 19.3 Å². The molecule has 7 heteroatoms. The van der Waals surface area contributed by atoms with Crippen molar-refractivity contribution in [3.8, 4) is 0 Å². The Balaban J connectivity index is 2.30. The third-order valence-corrected chi connectivity index (χ3v) is 7.00. The molecule has 0 amide bonds. The first-order chi connectivity index (χ1) is 8.05. The van der Waals surface area contributed by atoms with E-state index in [1.165, 1.54) is 11.3 Å². The van der Waals surface area contributed by atoms with Crippen molar-refractivity contribution in [3.05, 3.63) is 15.9 Å². The Morgan fingerprint density at radius 2 is 2.24 bits per heavy atom. The van der Waals surface area contributed by atoms with E-state index in [1.54, 1.807) is 16.4 Å². The first-order valence-corrected chi connectivity index (χ1v) is 8.58. The van der Waals surface area contributed by atoms with Crippen LogP contribution in [0.2, 0.25) is 0 Å². The van der Waals surface area contributed by atoms with Crippen molar-refractivity contribution in [2.45, 2.75) is 29.5 Å². The van der Waals surface area contributed by atoms with E-state index in [0.29, 0.717) is 17.3 Å². The molecule has 0 unspecified atom stereocenters. The number of halogens is 1. The van der Waals surface area contributed by atoms with E-state index in [1.807, 2.05) is 0 Å². The van der Waals surface area contributed by atoms with Crippen LogP contribution in [0.3, 0.4) is 0 Å². The minimum Gasteiger partial charge on any atom is -0.329 e. The summed E-state index contributed by atoms with van der Waals surface area (Å²) in [6.45, 7) is 0.978. The van der Waals surface area contributed by atoms with Gasteiger partial charge >= 0.3 is 0 Å². The smallest absolute Gasteiger partial charge is 0.252 e. The highest BCUT2D eigenvalue weighted by atomic mass is 79.9. The second kappa shape index (κ2) is 5.36. The van der Waals surface area contributed by atoms with Crippen molar-refractivity contribution in [2.24, 2.45) is 5.73 Å². The summed E-state index contributed by atoms with van der Waals surface area (Å²) in [5.41, 5.74) is 5.66. The van der Waals surface area contributed by atoms with E-state index >= 15 is 0 Å². The minimum atomic E-state index is -3.36. The van der Waals surface area contributed by atoms with Gasteiger partial charge < -0.3 is 5.73 Å². The zero-order valence-electron chi connectivity index (χ0n) is 9.30. The fourth-order valence-electron chi connectivity index (χ4n) is 2.08. The monoisotopic (exact) mass is 338 g/mol. The van der Waals surface area contributed by atoms with Gasteiger partial charge in [-0.3, -0.25) is 0 Å². The van der Waals surface area contributed by atoms with E-state index in [4.69, 9.17) is 5.73 Å². The lowest BCUT2D eigenvalue weighted by Crippen LogP contribution is -2.47. The van der Waals surface area contributed by atoms with E-state index in [0.717, 1.165) is 23.0 Å². The number of hydrogen-bond acceptors (Lipinski definition) is 4. The molecule has 2 rings (SSSR count).